The fourth-order valence-corrected chi connectivity index (χ4v) is 2.21. The molecule has 0 aliphatic rings. The maximum atomic E-state index is 12.3. The van der Waals surface area contributed by atoms with Crippen LogP contribution in [0.3, 0.4) is 0 Å². The van der Waals surface area contributed by atoms with E-state index in [0.717, 1.165) is 0 Å². The molecule has 0 radical (unpaired) electrons. The molecule has 5 nitrogen and oxygen atoms in total. The van der Waals surface area contributed by atoms with E-state index in [-0.39, 0.29) is 11.3 Å². The van der Waals surface area contributed by atoms with Crippen LogP contribution in [0.1, 0.15) is 31.1 Å². The fraction of sp³-hybridized carbons (Fsp3) is 0.467. The number of methoxy groups -OCH3 is 2. The first-order valence-corrected chi connectivity index (χ1v) is 7.16. The molecule has 0 bridgehead atoms. The van der Waals surface area contributed by atoms with Gasteiger partial charge in [-0.1, -0.05) is 20.8 Å². The van der Waals surface area contributed by atoms with Crippen LogP contribution < -0.4 is 14.8 Å². The van der Waals surface area contributed by atoms with Crippen molar-refractivity contribution in [3.63, 3.8) is 0 Å². The number of nitrogens with zero attached hydrogens (tertiary/aromatic N) is 1. The minimum absolute atomic E-state index is 0.347. The van der Waals surface area contributed by atoms with Crippen molar-refractivity contribution in [3.05, 3.63) is 22.2 Å². The number of ether oxygens (including phenoxy) is 2. The van der Waals surface area contributed by atoms with Crippen LogP contribution in [-0.4, -0.2) is 26.2 Å². The highest BCUT2D eigenvalue weighted by molar-refractivity contribution is 9.10. The third kappa shape index (κ3) is 4.11. The number of benzene rings is 1. The highest BCUT2D eigenvalue weighted by atomic mass is 79.9. The van der Waals surface area contributed by atoms with Gasteiger partial charge in [0, 0.05) is 5.56 Å². The summed E-state index contributed by atoms with van der Waals surface area (Å²) in [6.07, 6.45) is 0. The Hall–Kier alpha value is -1.74. The number of nitriles is 1. The Bertz CT molecular complexity index is 548. The molecule has 0 unspecified atom stereocenters. The normalized spacial score (nSPS) is 12.2. The largest absolute Gasteiger partial charge is 0.495 e. The van der Waals surface area contributed by atoms with E-state index in [4.69, 9.17) is 9.47 Å². The molecule has 0 aromatic heterocycles. The van der Waals surface area contributed by atoms with Crippen LogP contribution >= 0.6 is 15.9 Å². The van der Waals surface area contributed by atoms with Gasteiger partial charge in [-0.15, -0.1) is 0 Å². The van der Waals surface area contributed by atoms with Crippen LogP contribution in [0.25, 0.3) is 0 Å². The third-order valence-electron chi connectivity index (χ3n) is 2.98. The smallest absolute Gasteiger partial charge is 0.252 e. The van der Waals surface area contributed by atoms with E-state index in [1.807, 2.05) is 20.8 Å². The van der Waals surface area contributed by atoms with E-state index in [0.29, 0.717) is 21.5 Å². The van der Waals surface area contributed by atoms with E-state index in [2.05, 4.69) is 27.3 Å². The van der Waals surface area contributed by atoms with Gasteiger partial charge in [0.1, 0.15) is 22.0 Å². The summed E-state index contributed by atoms with van der Waals surface area (Å²) in [4.78, 5) is 12.3. The van der Waals surface area contributed by atoms with Gasteiger partial charge in [0.15, 0.2) is 0 Å². The first-order chi connectivity index (χ1) is 9.74. The molecule has 0 aliphatic heterocycles. The van der Waals surface area contributed by atoms with Gasteiger partial charge < -0.3 is 14.8 Å². The monoisotopic (exact) mass is 354 g/mol. The highest BCUT2D eigenvalue weighted by Gasteiger charge is 2.27. The molecule has 1 atom stereocenters. The molecule has 0 saturated carbocycles. The molecule has 0 spiro atoms. The second-order valence-electron chi connectivity index (χ2n) is 5.60. The van der Waals surface area contributed by atoms with E-state index in [9.17, 15) is 10.1 Å². The lowest BCUT2D eigenvalue weighted by molar-refractivity contribution is 0.0921. The van der Waals surface area contributed by atoms with Crippen molar-refractivity contribution in [3.8, 4) is 17.6 Å². The number of hydrogen-bond donors (Lipinski definition) is 1. The molecule has 1 aromatic carbocycles. The zero-order chi connectivity index (χ0) is 16.2. The van der Waals surface area contributed by atoms with Gasteiger partial charge in [-0.25, -0.2) is 0 Å². The summed E-state index contributed by atoms with van der Waals surface area (Å²) in [5, 5.41) is 11.9. The molecule has 1 N–H and O–H groups in total. The van der Waals surface area contributed by atoms with Gasteiger partial charge in [0.25, 0.3) is 5.91 Å². The maximum absolute atomic E-state index is 12.3. The average molecular weight is 355 g/mol. The van der Waals surface area contributed by atoms with E-state index in [1.165, 1.54) is 14.2 Å². The molecule has 6 heteroatoms. The molecule has 0 heterocycles. The number of nitrogens with one attached hydrogen (secondary N) is 1. The van der Waals surface area contributed by atoms with Crippen LogP contribution in [0.15, 0.2) is 16.6 Å². The molecule has 0 saturated heterocycles. The van der Waals surface area contributed by atoms with Crippen molar-refractivity contribution in [2.45, 2.75) is 26.8 Å². The zero-order valence-corrected chi connectivity index (χ0v) is 14.4. The number of hydrogen-bond acceptors (Lipinski definition) is 4. The summed E-state index contributed by atoms with van der Waals surface area (Å²) in [6, 6.07) is 4.71. The quantitative estimate of drug-likeness (QED) is 0.901. The van der Waals surface area contributed by atoms with Gasteiger partial charge in [-0.2, -0.15) is 5.26 Å². The van der Waals surface area contributed by atoms with Gasteiger partial charge in [0.2, 0.25) is 0 Å². The molecule has 1 rings (SSSR count). The lowest BCUT2D eigenvalue weighted by Crippen LogP contribution is -2.42. The van der Waals surface area contributed by atoms with Gasteiger partial charge >= 0.3 is 0 Å². The molecule has 0 aliphatic carbocycles. The average Bonchev–Trinajstić information content (AvgIpc) is 2.43. The van der Waals surface area contributed by atoms with E-state index in [1.54, 1.807) is 12.1 Å². The van der Waals surface area contributed by atoms with Crippen LogP contribution in [-0.2, 0) is 0 Å². The lowest BCUT2D eigenvalue weighted by Gasteiger charge is -2.25. The Morgan fingerprint density at radius 2 is 1.76 bits per heavy atom. The van der Waals surface area contributed by atoms with Crippen molar-refractivity contribution in [2.75, 3.05) is 14.2 Å². The minimum atomic E-state index is -0.592. The van der Waals surface area contributed by atoms with Crippen molar-refractivity contribution >= 4 is 21.8 Å². The molecular weight excluding hydrogens is 336 g/mol. The topological polar surface area (TPSA) is 71.3 Å². The van der Waals surface area contributed by atoms with Gasteiger partial charge in [-0.3, -0.25) is 4.79 Å². The predicted octanol–water partition coefficient (Wildman–Crippen LogP) is 3.13. The first-order valence-electron chi connectivity index (χ1n) is 6.36. The highest BCUT2D eigenvalue weighted by Crippen LogP contribution is 2.35. The second kappa shape index (κ2) is 6.81. The predicted molar refractivity (Wildman–Crippen MR) is 83.6 cm³/mol. The maximum Gasteiger partial charge on any atom is 0.252 e. The van der Waals surface area contributed by atoms with Gasteiger partial charge in [-0.05, 0) is 33.5 Å². The lowest BCUT2D eigenvalue weighted by atomic mass is 9.87. The zero-order valence-electron chi connectivity index (χ0n) is 12.8. The van der Waals surface area contributed by atoms with Gasteiger partial charge in [0.05, 0.1) is 20.3 Å². The van der Waals surface area contributed by atoms with E-state index < -0.39 is 6.04 Å². The Morgan fingerprint density at radius 1 is 1.29 bits per heavy atom. The van der Waals surface area contributed by atoms with Crippen molar-refractivity contribution in [2.24, 2.45) is 5.41 Å². The summed E-state index contributed by atoms with van der Waals surface area (Å²) >= 11 is 3.35. The number of rotatable bonds is 4. The number of amides is 1. The van der Waals surface area contributed by atoms with Crippen LogP contribution in [0.4, 0.5) is 0 Å². The van der Waals surface area contributed by atoms with Crippen molar-refractivity contribution in [1.82, 2.24) is 5.32 Å². The van der Waals surface area contributed by atoms with Crippen molar-refractivity contribution in [1.29, 1.82) is 5.26 Å². The van der Waals surface area contributed by atoms with E-state index >= 15 is 0 Å². The van der Waals surface area contributed by atoms with Crippen molar-refractivity contribution < 1.29 is 14.3 Å². The summed E-state index contributed by atoms with van der Waals surface area (Å²) in [7, 11) is 3.02. The fourth-order valence-electron chi connectivity index (χ4n) is 1.66. The summed E-state index contributed by atoms with van der Waals surface area (Å²) in [5.74, 6) is 0.633. The first kappa shape index (κ1) is 17.3. The summed E-state index contributed by atoms with van der Waals surface area (Å²) in [5.41, 5.74) is 0.0184. The Balaban J connectivity index is 3.11. The van der Waals surface area contributed by atoms with Crippen LogP contribution in [0.2, 0.25) is 0 Å². The third-order valence-corrected chi connectivity index (χ3v) is 3.76. The molecular formula is C15H19BrN2O3. The molecule has 21 heavy (non-hydrogen) atoms. The Labute approximate surface area is 133 Å². The second-order valence-corrected chi connectivity index (χ2v) is 6.39. The minimum Gasteiger partial charge on any atom is -0.495 e. The number of carbonyl (C=O) groups is 1. The Kier molecular flexibility index (Phi) is 5.62. The summed E-state index contributed by atoms with van der Waals surface area (Å²) < 4.78 is 11.0. The molecule has 0 fully saturated rings. The van der Waals surface area contributed by atoms with Crippen LogP contribution in [0.5, 0.6) is 11.5 Å². The number of carbonyl (C=O) groups excluding carboxylic acids is 1. The number of halogens is 1. The molecule has 1 aromatic rings. The summed E-state index contributed by atoms with van der Waals surface area (Å²) in [6.45, 7) is 5.68. The molecule has 1 amide bonds. The van der Waals surface area contributed by atoms with Crippen LogP contribution in [0, 0.1) is 16.7 Å². The molecule has 114 valence electrons. The SMILES string of the molecule is COc1cc(C(=O)N[C@H](C#N)C(C)(C)C)cc(OC)c1Br. The Morgan fingerprint density at radius 3 is 2.10 bits per heavy atom. The standard InChI is InChI=1S/C15H19BrN2O3/c1-15(2,3)12(8-17)18-14(19)9-6-10(20-4)13(16)11(7-9)21-5/h6-7,12H,1-5H3,(H,18,19)/t12-/m1/s1.